The summed E-state index contributed by atoms with van der Waals surface area (Å²) in [5, 5.41) is 17.3. The van der Waals surface area contributed by atoms with Crippen LogP contribution in [0.3, 0.4) is 0 Å². The zero-order valence-corrected chi connectivity index (χ0v) is 15.7. The Balaban J connectivity index is 2.08. The van der Waals surface area contributed by atoms with Crippen molar-refractivity contribution in [2.24, 2.45) is 5.73 Å². The maximum atomic E-state index is 12.1. The number of nitrogens with two attached hydrogens (primary N) is 1. The van der Waals surface area contributed by atoms with E-state index in [9.17, 15) is 4.79 Å². The highest BCUT2D eigenvalue weighted by Crippen LogP contribution is 2.35. The zero-order chi connectivity index (χ0) is 20.3. The number of carbonyl (C=O) groups excluding carboxylic acids is 1. The number of rotatable bonds is 5. The van der Waals surface area contributed by atoms with Crippen LogP contribution in [-0.2, 0) is 0 Å². The van der Waals surface area contributed by atoms with Gasteiger partial charge in [-0.25, -0.2) is 0 Å². The molecule has 28 heavy (non-hydrogen) atoms. The van der Waals surface area contributed by atoms with E-state index < -0.39 is 5.91 Å². The minimum Gasteiger partial charge on any atom is -0.493 e. The number of aromatic nitrogens is 2. The van der Waals surface area contributed by atoms with E-state index in [1.54, 1.807) is 19.1 Å². The SMILES string of the molecule is COc1cc(C#N)ccc1Oc1nnc(-c2ccc(C)cc2)c(C)c1C(N)=O. The largest absolute Gasteiger partial charge is 0.493 e. The lowest BCUT2D eigenvalue weighted by molar-refractivity contribution is 0.0996. The van der Waals surface area contributed by atoms with Crippen LogP contribution in [0.4, 0.5) is 0 Å². The summed E-state index contributed by atoms with van der Waals surface area (Å²) in [5.41, 5.74) is 9.19. The minimum atomic E-state index is -0.677. The van der Waals surface area contributed by atoms with Crippen LogP contribution in [0.5, 0.6) is 17.4 Å². The highest BCUT2D eigenvalue weighted by Gasteiger charge is 2.21. The summed E-state index contributed by atoms with van der Waals surface area (Å²) < 4.78 is 11.0. The number of nitriles is 1. The number of amides is 1. The van der Waals surface area contributed by atoms with Gasteiger partial charge in [-0.2, -0.15) is 5.26 Å². The standard InChI is InChI=1S/C21H18N4O3/c1-12-4-7-15(8-5-12)19-13(2)18(20(23)26)21(25-24-19)28-16-9-6-14(11-22)10-17(16)27-3/h4-10H,1-3H3,(H2,23,26). The van der Waals surface area contributed by atoms with Crippen LogP contribution in [0.2, 0.25) is 0 Å². The molecule has 0 fully saturated rings. The fourth-order valence-corrected chi connectivity index (χ4v) is 2.77. The molecule has 0 aliphatic heterocycles. The number of ether oxygens (including phenoxy) is 2. The van der Waals surface area contributed by atoms with E-state index in [4.69, 9.17) is 20.5 Å². The lowest BCUT2D eigenvalue weighted by Crippen LogP contribution is -2.16. The van der Waals surface area contributed by atoms with Crippen LogP contribution in [0.15, 0.2) is 42.5 Å². The molecule has 0 spiro atoms. The van der Waals surface area contributed by atoms with E-state index in [-0.39, 0.29) is 11.4 Å². The molecule has 7 heteroatoms. The molecule has 0 radical (unpaired) electrons. The minimum absolute atomic E-state index is 0.0242. The molecule has 2 aromatic carbocycles. The van der Waals surface area contributed by atoms with Gasteiger partial charge in [0.05, 0.1) is 24.4 Å². The van der Waals surface area contributed by atoms with E-state index >= 15 is 0 Å². The second-order valence-electron chi connectivity index (χ2n) is 6.16. The topological polar surface area (TPSA) is 111 Å². The first-order valence-corrected chi connectivity index (χ1v) is 8.44. The molecular formula is C21H18N4O3. The van der Waals surface area contributed by atoms with E-state index in [0.29, 0.717) is 28.3 Å². The fraction of sp³-hybridized carbons (Fsp3) is 0.143. The molecular weight excluding hydrogens is 356 g/mol. The Kier molecular flexibility index (Phi) is 5.23. The van der Waals surface area contributed by atoms with E-state index in [0.717, 1.165) is 11.1 Å². The van der Waals surface area contributed by atoms with Crippen molar-refractivity contribution >= 4 is 5.91 Å². The lowest BCUT2D eigenvalue weighted by Gasteiger charge is -2.14. The van der Waals surface area contributed by atoms with Crippen molar-refractivity contribution in [1.29, 1.82) is 5.26 Å². The molecule has 0 bridgehead atoms. The average molecular weight is 374 g/mol. The summed E-state index contributed by atoms with van der Waals surface area (Å²) in [5.74, 6) is -0.0791. The zero-order valence-electron chi connectivity index (χ0n) is 15.7. The van der Waals surface area contributed by atoms with Gasteiger partial charge in [-0.3, -0.25) is 4.79 Å². The Morgan fingerprint density at radius 2 is 1.79 bits per heavy atom. The maximum Gasteiger partial charge on any atom is 0.254 e. The number of carbonyl (C=O) groups is 1. The van der Waals surface area contributed by atoms with Gasteiger partial charge in [0, 0.05) is 11.6 Å². The van der Waals surface area contributed by atoms with Crippen LogP contribution in [0.1, 0.15) is 27.0 Å². The Bertz CT molecular complexity index is 1090. The molecule has 0 atom stereocenters. The summed E-state index contributed by atoms with van der Waals surface area (Å²) in [6.07, 6.45) is 0. The Hall–Kier alpha value is -3.92. The first-order chi connectivity index (χ1) is 13.4. The Labute approximate surface area is 162 Å². The van der Waals surface area contributed by atoms with Crippen molar-refractivity contribution in [3.8, 4) is 34.7 Å². The van der Waals surface area contributed by atoms with Gasteiger partial charge in [0.25, 0.3) is 11.8 Å². The van der Waals surface area contributed by atoms with Crippen LogP contribution < -0.4 is 15.2 Å². The number of methoxy groups -OCH3 is 1. The van der Waals surface area contributed by atoms with Gasteiger partial charge in [0.2, 0.25) is 0 Å². The van der Waals surface area contributed by atoms with Gasteiger partial charge in [-0.1, -0.05) is 29.8 Å². The number of hydrogen-bond donors (Lipinski definition) is 1. The molecule has 7 nitrogen and oxygen atoms in total. The maximum absolute atomic E-state index is 12.1. The van der Waals surface area contributed by atoms with Crippen molar-refractivity contribution in [3.05, 3.63) is 64.7 Å². The predicted octanol–water partition coefficient (Wildman–Crippen LogP) is 3.53. The number of aryl methyl sites for hydroxylation is 1. The number of primary amides is 1. The van der Waals surface area contributed by atoms with Gasteiger partial charge in [0.15, 0.2) is 11.5 Å². The van der Waals surface area contributed by atoms with Crippen molar-refractivity contribution in [1.82, 2.24) is 10.2 Å². The normalized spacial score (nSPS) is 10.2. The van der Waals surface area contributed by atoms with Crippen LogP contribution in [-0.4, -0.2) is 23.2 Å². The number of hydrogen-bond acceptors (Lipinski definition) is 6. The number of nitrogens with zero attached hydrogens (tertiary/aromatic N) is 3. The smallest absolute Gasteiger partial charge is 0.254 e. The van der Waals surface area contributed by atoms with Gasteiger partial charge in [-0.15, -0.1) is 10.2 Å². The van der Waals surface area contributed by atoms with Crippen molar-refractivity contribution in [3.63, 3.8) is 0 Å². The summed E-state index contributed by atoms with van der Waals surface area (Å²) in [6.45, 7) is 3.73. The summed E-state index contributed by atoms with van der Waals surface area (Å²) in [6, 6.07) is 14.4. The molecule has 2 N–H and O–H groups in total. The number of benzene rings is 2. The third kappa shape index (κ3) is 3.62. The van der Waals surface area contributed by atoms with Gasteiger partial charge in [-0.05, 0) is 31.5 Å². The third-order valence-electron chi connectivity index (χ3n) is 4.26. The predicted molar refractivity (Wildman–Crippen MR) is 103 cm³/mol. The molecule has 3 rings (SSSR count). The quantitative estimate of drug-likeness (QED) is 0.731. The molecule has 0 saturated heterocycles. The lowest BCUT2D eigenvalue weighted by atomic mass is 10.0. The highest BCUT2D eigenvalue weighted by molar-refractivity contribution is 5.98. The first kappa shape index (κ1) is 18.9. The first-order valence-electron chi connectivity index (χ1n) is 8.44. The average Bonchev–Trinajstić information content (AvgIpc) is 2.69. The second kappa shape index (κ2) is 7.76. The van der Waals surface area contributed by atoms with Gasteiger partial charge in [0.1, 0.15) is 5.56 Å². The van der Waals surface area contributed by atoms with Crippen molar-refractivity contribution in [2.75, 3.05) is 7.11 Å². The molecule has 0 aliphatic carbocycles. The highest BCUT2D eigenvalue weighted by atomic mass is 16.5. The summed E-state index contributed by atoms with van der Waals surface area (Å²) >= 11 is 0. The molecule has 1 amide bonds. The third-order valence-corrected chi connectivity index (χ3v) is 4.26. The molecule has 3 aromatic rings. The van der Waals surface area contributed by atoms with E-state index in [2.05, 4.69) is 10.2 Å². The van der Waals surface area contributed by atoms with Crippen LogP contribution >= 0.6 is 0 Å². The molecule has 0 aliphatic rings. The molecule has 140 valence electrons. The molecule has 0 unspecified atom stereocenters. The van der Waals surface area contributed by atoms with Crippen molar-refractivity contribution < 1.29 is 14.3 Å². The van der Waals surface area contributed by atoms with Crippen LogP contribution in [0.25, 0.3) is 11.3 Å². The van der Waals surface area contributed by atoms with Crippen LogP contribution in [0, 0.1) is 25.2 Å². The van der Waals surface area contributed by atoms with E-state index in [1.807, 2.05) is 37.3 Å². The monoisotopic (exact) mass is 374 g/mol. The van der Waals surface area contributed by atoms with Gasteiger partial charge < -0.3 is 15.2 Å². The summed E-state index contributed by atoms with van der Waals surface area (Å²) in [4.78, 5) is 12.1. The summed E-state index contributed by atoms with van der Waals surface area (Å²) in [7, 11) is 1.45. The molecule has 1 heterocycles. The molecule has 0 saturated carbocycles. The Morgan fingerprint density at radius 1 is 1.07 bits per heavy atom. The molecule has 1 aromatic heterocycles. The van der Waals surface area contributed by atoms with Gasteiger partial charge >= 0.3 is 0 Å². The second-order valence-corrected chi connectivity index (χ2v) is 6.16. The van der Waals surface area contributed by atoms with E-state index in [1.165, 1.54) is 13.2 Å². The fourth-order valence-electron chi connectivity index (χ4n) is 2.77. The van der Waals surface area contributed by atoms with Crippen molar-refractivity contribution in [2.45, 2.75) is 13.8 Å². The Morgan fingerprint density at radius 3 is 2.39 bits per heavy atom.